The van der Waals surface area contributed by atoms with Gasteiger partial charge in [0.15, 0.2) is 0 Å². The molecule has 0 heterocycles. The fraction of sp³-hybridized carbons (Fsp3) is 0.900. The molecule has 0 atom stereocenters. The molecule has 0 aliphatic heterocycles. The summed E-state index contributed by atoms with van der Waals surface area (Å²) in [5.74, 6) is 0.275. The molecule has 4 nitrogen and oxygen atoms in total. The summed E-state index contributed by atoms with van der Waals surface area (Å²) in [4.78, 5) is 10.4. The van der Waals surface area contributed by atoms with Crippen molar-refractivity contribution >= 4 is 5.78 Å². The molecule has 2 N–H and O–H groups in total. The first-order valence-corrected chi connectivity index (χ1v) is 4.97. The van der Waals surface area contributed by atoms with Gasteiger partial charge in [0.05, 0.1) is 13.2 Å². The van der Waals surface area contributed by atoms with E-state index in [1.807, 2.05) is 6.92 Å². The lowest BCUT2D eigenvalue weighted by Crippen LogP contribution is -1.95. The van der Waals surface area contributed by atoms with E-state index >= 15 is 0 Å². The Kier molecular flexibility index (Phi) is 17.2. The first-order chi connectivity index (χ1) is 6.68. The lowest BCUT2D eigenvalue weighted by Gasteiger charge is -1.98. The number of ether oxygens (including phenoxy) is 1. The molecule has 14 heavy (non-hydrogen) atoms. The summed E-state index contributed by atoms with van der Waals surface area (Å²) < 4.78 is 5.10. The minimum Gasteiger partial charge on any atom is -0.394 e. The Hall–Kier alpha value is -0.450. The minimum absolute atomic E-state index is 0.125. The van der Waals surface area contributed by atoms with Gasteiger partial charge in [-0.3, -0.25) is 0 Å². The van der Waals surface area contributed by atoms with Crippen LogP contribution in [0.5, 0.6) is 0 Å². The highest BCUT2D eigenvalue weighted by atomic mass is 16.5. The second-order valence-electron chi connectivity index (χ2n) is 2.80. The number of rotatable bonds is 7. The number of carbonyl (C=O) groups is 1. The predicted octanol–water partition coefficient (Wildman–Crippen LogP) is 0.753. The molecule has 0 aromatic rings. The van der Waals surface area contributed by atoms with Gasteiger partial charge in [0.1, 0.15) is 5.78 Å². The van der Waals surface area contributed by atoms with Gasteiger partial charge in [-0.25, -0.2) is 0 Å². The van der Waals surface area contributed by atoms with Crippen LogP contribution >= 0.6 is 0 Å². The summed E-state index contributed by atoms with van der Waals surface area (Å²) >= 11 is 0. The molecule has 0 fully saturated rings. The van der Waals surface area contributed by atoms with Gasteiger partial charge < -0.3 is 19.7 Å². The number of ketones is 1. The van der Waals surface area contributed by atoms with E-state index in [-0.39, 0.29) is 19.0 Å². The fourth-order valence-electron chi connectivity index (χ4n) is 0.722. The number of unbranched alkanes of at least 4 members (excludes halogenated alkanes) is 1. The third-order valence-corrected chi connectivity index (χ3v) is 1.37. The summed E-state index contributed by atoms with van der Waals surface area (Å²) in [5.41, 5.74) is 0. The van der Waals surface area contributed by atoms with Crippen LogP contribution in [0.1, 0.15) is 33.1 Å². The molecule has 0 radical (unpaired) electrons. The maximum Gasteiger partial charge on any atom is 0.129 e. The average molecular weight is 206 g/mol. The van der Waals surface area contributed by atoms with E-state index in [0.717, 1.165) is 26.1 Å². The highest BCUT2D eigenvalue weighted by Gasteiger charge is 1.92. The largest absolute Gasteiger partial charge is 0.394 e. The lowest BCUT2D eigenvalue weighted by molar-refractivity contribution is -0.117. The molecule has 0 unspecified atom stereocenters. The van der Waals surface area contributed by atoms with Crippen LogP contribution in [-0.2, 0) is 9.53 Å². The molecular formula is C10H22O4. The van der Waals surface area contributed by atoms with Crippen molar-refractivity contribution in [2.24, 2.45) is 0 Å². The summed E-state index contributed by atoms with van der Waals surface area (Å²) in [6, 6.07) is 0. The maximum absolute atomic E-state index is 10.4. The number of carbonyl (C=O) groups excluding carboxylic acids is 1. The third-order valence-electron chi connectivity index (χ3n) is 1.37. The van der Waals surface area contributed by atoms with Crippen molar-refractivity contribution in [3.8, 4) is 0 Å². The molecule has 0 aromatic carbocycles. The Morgan fingerprint density at radius 1 is 1.21 bits per heavy atom. The quantitative estimate of drug-likeness (QED) is 0.603. The van der Waals surface area contributed by atoms with Gasteiger partial charge in [0, 0.05) is 19.6 Å². The third kappa shape index (κ3) is 22.6. The van der Waals surface area contributed by atoms with Crippen LogP contribution in [0.4, 0.5) is 0 Å². The normalized spacial score (nSPS) is 9.14. The molecule has 86 valence electrons. The van der Waals surface area contributed by atoms with Crippen LogP contribution in [0.3, 0.4) is 0 Å². The minimum atomic E-state index is -0.125. The van der Waals surface area contributed by atoms with Crippen molar-refractivity contribution in [2.75, 3.05) is 26.4 Å². The standard InChI is InChI=1S/C8H16O2.C2H6O2/c1-3-10-7-5-4-6-8(2)9;3-1-2-4/h3-7H2,1-2H3;3-4H,1-2H2. The van der Waals surface area contributed by atoms with E-state index in [2.05, 4.69) is 0 Å². The van der Waals surface area contributed by atoms with Crippen molar-refractivity contribution in [1.29, 1.82) is 0 Å². The average Bonchev–Trinajstić information content (AvgIpc) is 2.18. The lowest BCUT2D eigenvalue weighted by atomic mass is 10.2. The van der Waals surface area contributed by atoms with Crippen molar-refractivity contribution in [3.63, 3.8) is 0 Å². The fourth-order valence-corrected chi connectivity index (χ4v) is 0.722. The predicted molar refractivity (Wildman–Crippen MR) is 55.2 cm³/mol. The summed E-state index contributed by atoms with van der Waals surface area (Å²) in [6.07, 6.45) is 2.68. The zero-order valence-corrected chi connectivity index (χ0v) is 9.16. The molecular weight excluding hydrogens is 184 g/mol. The van der Waals surface area contributed by atoms with Gasteiger partial charge in [0.2, 0.25) is 0 Å². The molecule has 0 bridgehead atoms. The van der Waals surface area contributed by atoms with E-state index < -0.39 is 0 Å². The first kappa shape index (κ1) is 16.0. The summed E-state index contributed by atoms with van der Waals surface area (Å²) in [5, 5.41) is 15.2. The first-order valence-electron chi connectivity index (χ1n) is 4.97. The number of Topliss-reactive ketones (excluding diaryl/α,β-unsaturated/α-hetero) is 1. The van der Waals surface area contributed by atoms with Crippen molar-refractivity contribution in [3.05, 3.63) is 0 Å². The Morgan fingerprint density at radius 2 is 1.79 bits per heavy atom. The van der Waals surface area contributed by atoms with E-state index in [1.54, 1.807) is 6.92 Å². The smallest absolute Gasteiger partial charge is 0.129 e. The molecule has 0 saturated heterocycles. The Bertz CT molecular complexity index is 113. The van der Waals surface area contributed by atoms with Crippen molar-refractivity contribution < 1.29 is 19.7 Å². The molecule has 0 aromatic heterocycles. The van der Waals surface area contributed by atoms with Gasteiger partial charge in [-0.15, -0.1) is 0 Å². The Labute approximate surface area is 85.9 Å². The topological polar surface area (TPSA) is 66.8 Å². The van der Waals surface area contributed by atoms with E-state index in [1.165, 1.54) is 0 Å². The monoisotopic (exact) mass is 206 g/mol. The highest BCUT2D eigenvalue weighted by Crippen LogP contribution is 1.95. The van der Waals surface area contributed by atoms with Gasteiger partial charge in [0.25, 0.3) is 0 Å². The Morgan fingerprint density at radius 3 is 2.14 bits per heavy atom. The number of hydrogen-bond donors (Lipinski definition) is 2. The van der Waals surface area contributed by atoms with Crippen LogP contribution in [0.25, 0.3) is 0 Å². The molecule has 0 amide bonds. The molecule has 0 saturated carbocycles. The van der Waals surface area contributed by atoms with E-state index in [9.17, 15) is 4.79 Å². The molecule has 0 rings (SSSR count). The summed E-state index contributed by atoms with van der Waals surface area (Å²) in [7, 11) is 0. The number of aliphatic hydroxyl groups is 2. The van der Waals surface area contributed by atoms with Crippen LogP contribution in [-0.4, -0.2) is 42.4 Å². The zero-order valence-electron chi connectivity index (χ0n) is 9.16. The van der Waals surface area contributed by atoms with Crippen LogP contribution in [0, 0.1) is 0 Å². The second kappa shape index (κ2) is 15.0. The van der Waals surface area contributed by atoms with Crippen LogP contribution in [0.2, 0.25) is 0 Å². The SMILES string of the molecule is CCOCCCCC(C)=O.OCCO. The second-order valence-corrected chi connectivity index (χ2v) is 2.80. The van der Waals surface area contributed by atoms with E-state index in [4.69, 9.17) is 14.9 Å². The highest BCUT2D eigenvalue weighted by molar-refractivity contribution is 5.75. The van der Waals surface area contributed by atoms with Gasteiger partial charge in [-0.2, -0.15) is 0 Å². The van der Waals surface area contributed by atoms with Crippen molar-refractivity contribution in [1.82, 2.24) is 0 Å². The number of hydrogen-bond acceptors (Lipinski definition) is 4. The van der Waals surface area contributed by atoms with Crippen molar-refractivity contribution in [2.45, 2.75) is 33.1 Å². The molecule has 0 spiro atoms. The zero-order chi connectivity index (χ0) is 11.2. The molecule has 4 heteroatoms. The molecule has 0 aliphatic carbocycles. The van der Waals surface area contributed by atoms with Crippen LogP contribution in [0.15, 0.2) is 0 Å². The summed E-state index contributed by atoms with van der Waals surface area (Å²) in [6.45, 7) is 4.93. The van der Waals surface area contributed by atoms with E-state index in [0.29, 0.717) is 6.42 Å². The maximum atomic E-state index is 10.4. The van der Waals surface area contributed by atoms with Crippen LogP contribution < -0.4 is 0 Å². The number of aliphatic hydroxyl groups excluding tert-OH is 2. The Balaban J connectivity index is 0. The van der Waals surface area contributed by atoms with Gasteiger partial charge >= 0.3 is 0 Å². The van der Waals surface area contributed by atoms with Gasteiger partial charge in [-0.1, -0.05) is 0 Å². The van der Waals surface area contributed by atoms with Gasteiger partial charge in [-0.05, 0) is 26.7 Å². The molecule has 0 aliphatic rings.